The highest BCUT2D eigenvalue weighted by Crippen LogP contribution is 2.21. The van der Waals surface area contributed by atoms with Gasteiger partial charge in [0.25, 0.3) is 0 Å². The molecule has 1 aliphatic rings. The van der Waals surface area contributed by atoms with E-state index in [4.69, 9.17) is 9.15 Å². The molecule has 0 radical (unpaired) electrons. The summed E-state index contributed by atoms with van der Waals surface area (Å²) in [6.45, 7) is 1.93. The summed E-state index contributed by atoms with van der Waals surface area (Å²) >= 11 is 0. The Kier molecular flexibility index (Phi) is 2.80. The fourth-order valence-electron chi connectivity index (χ4n) is 1.94. The average Bonchev–Trinajstić information content (AvgIpc) is 3.01. The van der Waals surface area contributed by atoms with E-state index in [2.05, 4.69) is 10.3 Å². The summed E-state index contributed by atoms with van der Waals surface area (Å²) in [5.41, 5.74) is 0.965. The molecule has 4 nitrogen and oxygen atoms in total. The first kappa shape index (κ1) is 10.4. The van der Waals surface area contributed by atoms with Crippen LogP contribution in [0.1, 0.15) is 6.42 Å². The maximum Gasteiger partial charge on any atom is 0.213 e. The van der Waals surface area contributed by atoms with Crippen molar-refractivity contribution in [3.05, 3.63) is 36.7 Å². The minimum absolute atomic E-state index is 0.247. The first-order valence-corrected chi connectivity index (χ1v) is 5.79. The summed E-state index contributed by atoms with van der Waals surface area (Å²) in [5, 5.41) is 3.26. The van der Waals surface area contributed by atoms with Gasteiger partial charge in [-0.2, -0.15) is 0 Å². The number of nitrogens with zero attached hydrogens (tertiary/aromatic N) is 1. The number of nitrogens with one attached hydrogen (secondary N) is 1. The van der Waals surface area contributed by atoms with Gasteiger partial charge in [-0.25, -0.2) is 4.98 Å². The zero-order valence-corrected chi connectivity index (χ0v) is 9.43. The Bertz CT molecular complexity index is 459. The van der Waals surface area contributed by atoms with Gasteiger partial charge < -0.3 is 14.5 Å². The standard InChI is InChI=1S/C13H14N2O2/c1-2-12(16-7-1)10-3-4-13(15-8-10)17-11-5-6-14-9-11/h1-4,7-8,11,14H,5-6,9H2. The van der Waals surface area contributed by atoms with Crippen molar-refractivity contribution in [2.75, 3.05) is 13.1 Å². The quantitative estimate of drug-likeness (QED) is 0.877. The van der Waals surface area contributed by atoms with Crippen LogP contribution < -0.4 is 10.1 Å². The molecule has 0 aromatic carbocycles. The van der Waals surface area contributed by atoms with Gasteiger partial charge in [0.05, 0.1) is 6.26 Å². The topological polar surface area (TPSA) is 47.3 Å². The summed E-state index contributed by atoms with van der Waals surface area (Å²) < 4.78 is 11.0. The molecule has 0 amide bonds. The van der Waals surface area contributed by atoms with Gasteiger partial charge >= 0.3 is 0 Å². The van der Waals surface area contributed by atoms with Crippen molar-refractivity contribution < 1.29 is 9.15 Å². The Morgan fingerprint density at radius 2 is 2.35 bits per heavy atom. The molecule has 17 heavy (non-hydrogen) atoms. The largest absolute Gasteiger partial charge is 0.473 e. The van der Waals surface area contributed by atoms with E-state index < -0.39 is 0 Å². The van der Waals surface area contributed by atoms with Crippen LogP contribution in [0.2, 0.25) is 0 Å². The highest BCUT2D eigenvalue weighted by molar-refractivity contribution is 5.55. The number of hydrogen-bond donors (Lipinski definition) is 1. The van der Waals surface area contributed by atoms with Crippen LogP contribution in [-0.4, -0.2) is 24.2 Å². The monoisotopic (exact) mass is 230 g/mol. The van der Waals surface area contributed by atoms with Crippen LogP contribution in [0.15, 0.2) is 41.1 Å². The van der Waals surface area contributed by atoms with Crippen LogP contribution in [-0.2, 0) is 0 Å². The SMILES string of the molecule is c1coc(-c2ccc(OC3CCNC3)nc2)c1. The summed E-state index contributed by atoms with van der Waals surface area (Å²) in [7, 11) is 0. The number of ether oxygens (including phenoxy) is 1. The Morgan fingerprint density at radius 1 is 1.35 bits per heavy atom. The van der Waals surface area contributed by atoms with Gasteiger partial charge in [-0.05, 0) is 31.2 Å². The molecule has 1 unspecified atom stereocenters. The lowest BCUT2D eigenvalue weighted by Crippen LogP contribution is -2.19. The number of furan rings is 1. The molecule has 1 fully saturated rings. The zero-order chi connectivity index (χ0) is 11.5. The van der Waals surface area contributed by atoms with E-state index in [1.54, 1.807) is 12.5 Å². The lowest BCUT2D eigenvalue weighted by Gasteiger charge is -2.11. The van der Waals surface area contributed by atoms with E-state index in [1.807, 2.05) is 24.3 Å². The van der Waals surface area contributed by atoms with Crippen molar-refractivity contribution in [1.29, 1.82) is 0 Å². The fraction of sp³-hybridized carbons (Fsp3) is 0.308. The van der Waals surface area contributed by atoms with Crippen LogP contribution in [0.25, 0.3) is 11.3 Å². The molecule has 88 valence electrons. The highest BCUT2D eigenvalue weighted by atomic mass is 16.5. The lowest BCUT2D eigenvalue weighted by atomic mass is 10.2. The number of hydrogen-bond acceptors (Lipinski definition) is 4. The van der Waals surface area contributed by atoms with E-state index in [1.165, 1.54) is 0 Å². The molecule has 1 saturated heterocycles. The molecule has 1 aliphatic heterocycles. The first-order chi connectivity index (χ1) is 8.42. The third-order valence-electron chi connectivity index (χ3n) is 2.84. The first-order valence-electron chi connectivity index (χ1n) is 5.79. The van der Waals surface area contributed by atoms with Crippen molar-refractivity contribution in [1.82, 2.24) is 10.3 Å². The predicted octanol–water partition coefficient (Wildman–Crippen LogP) is 2.08. The van der Waals surface area contributed by atoms with Crippen LogP contribution in [0.5, 0.6) is 5.88 Å². The van der Waals surface area contributed by atoms with Crippen LogP contribution in [0.4, 0.5) is 0 Å². The van der Waals surface area contributed by atoms with Crippen molar-refractivity contribution in [2.45, 2.75) is 12.5 Å². The summed E-state index contributed by atoms with van der Waals surface area (Å²) in [6, 6.07) is 7.63. The van der Waals surface area contributed by atoms with Gasteiger partial charge in [0.15, 0.2) is 0 Å². The van der Waals surface area contributed by atoms with Crippen molar-refractivity contribution >= 4 is 0 Å². The third-order valence-corrected chi connectivity index (χ3v) is 2.84. The molecular formula is C13H14N2O2. The number of aromatic nitrogens is 1. The maximum atomic E-state index is 5.74. The molecule has 3 heterocycles. The Labute approximate surface area is 99.6 Å². The molecule has 4 heteroatoms. The van der Waals surface area contributed by atoms with Crippen molar-refractivity contribution in [3.8, 4) is 17.2 Å². The molecule has 0 spiro atoms. The highest BCUT2D eigenvalue weighted by Gasteiger charge is 2.16. The number of pyridine rings is 1. The third kappa shape index (κ3) is 2.31. The van der Waals surface area contributed by atoms with Gasteiger partial charge in [-0.3, -0.25) is 0 Å². The van der Waals surface area contributed by atoms with Crippen molar-refractivity contribution in [2.24, 2.45) is 0 Å². The summed E-state index contributed by atoms with van der Waals surface area (Å²) in [4.78, 5) is 4.29. The fourth-order valence-corrected chi connectivity index (χ4v) is 1.94. The lowest BCUT2D eigenvalue weighted by molar-refractivity contribution is 0.214. The van der Waals surface area contributed by atoms with E-state index in [0.717, 1.165) is 30.8 Å². The minimum atomic E-state index is 0.247. The van der Waals surface area contributed by atoms with Crippen LogP contribution in [0.3, 0.4) is 0 Å². The van der Waals surface area contributed by atoms with Gasteiger partial charge in [-0.15, -0.1) is 0 Å². The Morgan fingerprint density at radius 3 is 3.00 bits per heavy atom. The molecule has 0 saturated carbocycles. The molecule has 0 aliphatic carbocycles. The molecule has 1 atom stereocenters. The number of rotatable bonds is 3. The molecule has 2 aromatic rings. The van der Waals surface area contributed by atoms with E-state index in [9.17, 15) is 0 Å². The normalized spacial score (nSPS) is 19.4. The summed E-state index contributed by atoms with van der Waals surface area (Å²) in [6.07, 6.45) is 4.72. The van der Waals surface area contributed by atoms with Gasteiger partial charge in [0.1, 0.15) is 11.9 Å². The zero-order valence-electron chi connectivity index (χ0n) is 9.43. The molecule has 2 aromatic heterocycles. The van der Waals surface area contributed by atoms with E-state index in [-0.39, 0.29) is 6.10 Å². The second-order valence-electron chi connectivity index (χ2n) is 4.10. The van der Waals surface area contributed by atoms with E-state index in [0.29, 0.717) is 5.88 Å². The maximum absolute atomic E-state index is 5.74. The second kappa shape index (κ2) is 4.59. The van der Waals surface area contributed by atoms with Gasteiger partial charge in [0, 0.05) is 24.4 Å². The molecule has 3 rings (SSSR count). The summed E-state index contributed by atoms with van der Waals surface area (Å²) in [5.74, 6) is 1.50. The second-order valence-corrected chi connectivity index (χ2v) is 4.10. The molecular weight excluding hydrogens is 216 g/mol. The van der Waals surface area contributed by atoms with Crippen molar-refractivity contribution in [3.63, 3.8) is 0 Å². The van der Waals surface area contributed by atoms with Gasteiger partial charge in [-0.1, -0.05) is 0 Å². The van der Waals surface area contributed by atoms with Crippen LogP contribution in [0, 0.1) is 0 Å². The predicted molar refractivity (Wildman–Crippen MR) is 63.8 cm³/mol. The Hall–Kier alpha value is -1.81. The minimum Gasteiger partial charge on any atom is -0.473 e. The van der Waals surface area contributed by atoms with Gasteiger partial charge in [0.2, 0.25) is 5.88 Å². The molecule has 1 N–H and O–H groups in total. The average molecular weight is 230 g/mol. The van der Waals surface area contributed by atoms with Crippen LogP contribution >= 0.6 is 0 Å². The Balaban J connectivity index is 1.71. The molecule has 0 bridgehead atoms. The smallest absolute Gasteiger partial charge is 0.213 e. The van der Waals surface area contributed by atoms with E-state index >= 15 is 0 Å².